The Bertz CT molecular complexity index is 10.8. The van der Waals surface area contributed by atoms with Crippen LogP contribution >= 0.6 is 40.8 Å². The maximum atomic E-state index is 2.80. The van der Waals surface area contributed by atoms with Gasteiger partial charge in [0, 0.05) is 0 Å². The van der Waals surface area contributed by atoms with Gasteiger partial charge in [-0.05, 0) is 0 Å². The molecule has 0 aromatic heterocycles. The van der Waals surface area contributed by atoms with Gasteiger partial charge in [-0.2, -0.15) is 0 Å². The monoisotopic (exact) mass is 300 g/mol. The van der Waals surface area contributed by atoms with Crippen LogP contribution < -0.4 is 0 Å². The van der Waals surface area contributed by atoms with E-state index in [1.165, 1.54) is 0 Å². The first-order valence-corrected chi connectivity index (χ1v) is 13.4. The van der Waals surface area contributed by atoms with E-state index in [0.29, 0.717) is 0 Å². The van der Waals surface area contributed by atoms with E-state index in [9.17, 15) is 0 Å². The summed E-state index contributed by atoms with van der Waals surface area (Å²) in [6.07, 6.45) is 0. The van der Waals surface area contributed by atoms with Crippen molar-refractivity contribution in [3.63, 3.8) is 0 Å². The van der Waals surface area contributed by atoms with Gasteiger partial charge in [0.2, 0.25) is 0 Å². The topological polar surface area (TPSA) is 0 Å². The van der Waals surface area contributed by atoms with Gasteiger partial charge in [-0.1, -0.05) is 0 Å². The normalized spacial score (nSPS) is 11.2. The molecule has 0 saturated heterocycles. The maximum absolute atomic E-state index is 2.80. The van der Waals surface area contributed by atoms with E-state index in [4.69, 9.17) is 0 Å². The van der Waals surface area contributed by atoms with E-state index in [-0.39, 0.29) is 15.3 Å². The van der Waals surface area contributed by atoms with Crippen LogP contribution in [0.3, 0.4) is 0 Å². The van der Waals surface area contributed by atoms with Crippen molar-refractivity contribution >= 4 is 40.8 Å². The molecular weight excluding hydrogens is 295 g/mol. The van der Waals surface area contributed by atoms with Crippen molar-refractivity contribution in [2.75, 3.05) is 4.93 Å². The summed E-state index contributed by atoms with van der Waals surface area (Å²) >= 11 is 2.09. The molecule has 0 aromatic rings. The van der Waals surface area contributed by atoms with Gasteiger partial charge in [0.1, 0.15) is 0 Å². The molecule has 28 valence electrons. The molecule has 3 heteroatoms. The van der Waals surface area contributed by atoms with Crippen LogP contribution in [0.2, 0.25) is 0 Å². The first-order valence-electron chi connectivity index (χ1n) is 0.739. The van der Waals surface area contributed by atoms with Crippen LogP contribution in [0.5, 0.6) is 0 Å². The van der Waals surface area contributed by atoms with Gasteiger partial charge in [0.15, 0.2) is 0 Å². The molecule has 0 aliphatic heterocycles. The third-order valence-corrected chi connectivity index (χ3v) is 0. The number of alkyl halides is 1. The third-order valence-electron chi connectivity index (χ3n) is 0. The summed E-state index contributed by atoms with van der Waals surface area (Å²) in [5.41, 5.74) is 0. The van der Waals surface area contributed by atoms with E-state index < -0.39 is 0 Å². The van der Waals surface area contributed by atoms with Crippen molar-refractivity contribution < 1.29 is 0 Å². The van der Waals surface area contributed by atoms with Crippen LogP contribution in [0.4, 0.5) is 0 Å². The van der Waals surface area contributed by atoms with Gasteiger partial charge in [-0.15, -0.1) is 0 Å². The van der Waals surface area contributed by atoms with Gasteiger partial charge in [-0.25, -0.2) is 0 Å². The van der Waals surface area contributed by atoms with Crippen molar-refractivity contribution in [3.05, 3.63) is 0 Å². The SMILES string of the molecule is CI(P)[125I]. The molecule has 0 fully saturated rings. The minimum atomic E-state index is -0.377. The summed E-state index contributed by atoms with van der Waals surface area (Å²) in [4.78, 5) is 2.27. The van der Waals surface area contributed by atoms with E-state index in [0.717, 1.165) is 0 Å². The van der Waals surface area contributed by atoms with Crippen molar-refractivity contribution in [2.24, 2.45) is 0 Å². The van der Waals surface area contributed by atoms with E-state index >= 15 is 0 Å². The molecule has 1 unspecified atom stereocenters. The van der Waals surface area contributed by atoms with Crippen molar-refractivity contribution in [1.29, 1.82) is 0 Å². The van der Waals surface area contributed by atoms with Crippen molar-refractivity contribution in [1.82, 2.24) is 0 Å². The Labute approximate surface area is 45.2 Å². The second-order valence-electron chi connectivity index (χ2n) is 0.444. The Morgan fingerprint density at radius 2 is 2.00 bits per heavy atom. The molecule has 0 nitrogen and oxygen atoms in total. The van der Waals surface area contributed by atoms with Gasteiger partial charge in [0.25, 0.3) is 0 Å². The van der Waals surface area contributed by atoms with Crippen molar-refractivity contribution in [2.45, 2.75) is 0 Å². The Balaban J connectivity index is 2.32. The average Bonchev–Trinajstić information content (AvgIpc) is 0.811. The van der Waals surface area contributed by atoms with Crippen LogP contribution in [0.1, 0.15) is 0 Å². The summed E-state index contributed by atoms with van der Waals surface area (Å²) in [5.74, 6) is 0. The molecule has 0 aliphatic rings. The second kappa shape index (κ2) is 3.09. The molecule has 0 rings (SSSR count). The van der Waals surface area contributed by atoms with E-state index in [2.05, 4.69) is 30.4 Å². The van der Waals surface area contributed by atoms with E-state index in [1.807, 2.05) is 0 Å². The standard InChI is InChI=1S/CH5I2P/c1-3(2)4/h4H2,1H3/i2-2. The molecule has 0 N–H and O–H groups in total. The third kappa shape index (κ3) is 9.10. The first kappa shape index (κ1) is 5.89. The average molecular weight is 300 g/mol. The van der Waals surface area contributed by atoms with Gasteiger partial charge in [-0.3, -0.25) is 0 Å². The zero-order valence-corrected chi connectivity index (χ0v) is 7.80. The summed E-state index contributed by atoms with van der Waals surface area (Å²) in [6.45, 7) is 2.80. The van der Waals surface area contributed by atoms with Gasteiger partial charge < -0.3 is 0 Å². The fraction of sp³-hybridized carbons (Fsp3) is 1.00. The van der Waals surface area contributed by atoms with Crippen LogP contribution in [0, 0.1) is 0 Å². The molecule has 0 amide bonds. The van der Waals surface area contributed by atoms with Crippen molar-refractivity contribution in [3.8, 4) is 0 Å². The van der Waals surface area contributed by atoms with Gasteiger partial charge >= 0.3 is 45.7 Å². The summed E-state index contributed by atoms with van der Waals surface area (Å²) in [7, 11) is 0. The van der Waals surface area contributed by atoms with Crippen LogP contribution in [0.25, 0.3) is 0 Å². The second-order valence-corrected chi connectivity index (χ2v) is 22.0. The van der Waals surface area contributed by atoms with Gasteiger partial charge in [0.05, 0.1) is 0 Å². The fourth-order valence-electron chi connectivity index (χ4n) is 0. The molecule has 4 heavy (non-hydrogen) atoms. The van der Waals surface area contributed by atoms with Crippen LogP contribution in [0.15, 0.2) is 0 Å². The number of hydrogen-bond donors (Lipinski definition) is 0. The Morgan fingerprint density at radius 3 is 2.00 bits per heavy atom. The Kier molecular flexibility index (Phi) is 4.56. The Morgan fingerprint density at radius 1 is 2.00 bits per heavy atom. The molecule has 0 heterocycles. The molecular formula is CH5I2P. The molecule has 0 aliphatic carbocycles. The molecule has 0 saturated carbocycles. The van der Waals surface area contributed by atoms with Crippen LogP contribution in [-0.4, -0.2) is 4.93 Å². The number of rotatable bonds is 0. The molecule has 0 aromatic carbocycles. The van der Waals surface area contributed by atoms with Crippen LogP contribution in [-0.2, 0) is 0 Å². The number of halogens is 2. The molecule has 0 radical (unpaired) electrons. The zero-order valence-electron chi connectivity index (χ0n) is 2.33. The first-order chi connectivity index (χ1) is 1.73. The summed E-state index contributed by atoms with van der Waals surface area (Å²) in [6, 6.07) is 0. The van der Waals surface area contributed by atoms with E-state index in [1.54, 1.807) is 0 Å². The molecule has 1 atom stereocenters. The number of hydrogen-bond acceptors (Lipinski definition) is 0. The Hall–Kier alpha value is 1.89. The fourth-order valence-corrected chi connectivity index (χ4v) is 0. The summed E-state index contributed by atoms with van der Waals surface area (Å²) in [5, 5.41) is 0. The predicted molar refractivity (Wildman–Crippen MR) is 43.7 cm³/mol. The quantitative estimate of drug-likeness (QED) is 0.366. The molecule has 0 bridgehead atoms. The minimum absolute atomic E-state index is 0.377. The predicted octanol–water partition coefficient (Wildman–Crippen LogP) is 2.26. The summed E-state index contributed by atoms with van der Waals surface area (Å²) < 4.78 is 0. The molecule has 0 spiro atoms. The zero-order chi connectivity index (χ0) is 3.58.